The molecule has 1 N–H and O–H groups in total. The van der Waals surface area contributed by atoms with Crippen molar-refractivity contribution in [1.82, 2.24) is 14.9 Å². The molecule has 1 aliphatic heterocycles. The van der Waals surface area contributed by atoms with Crippen molar-refractivity contribution >= 4 is 5.91 Å². The molecular weight excluding hydrogens is 434 g/mol. The van der Waals surface area contributed by atoms with Gasteiger partial charge in [-0.05, 0) is 62.1 Å². The number of hydrogen-bond donors (Lipinski definition) is 1. The lowest BCUT2D eigenvalue weighted by atomic mass is 9.86. The fourth-order valence-corrected chi connectivity index (χ4v) is 5.30. The number of carbonyl (C=O) groups excluding carboxylic acids is 1. The van der Waals surface area contributed by atoms with Crippen LogP contribution in [0.2, 0.25) is 0 Å². The van der Waals surface area contributed by atoms with Crippen molar-refractivity contribution in [2.45, 2.75) is 57.4 Å². The first kappa shape index (κ1) is 22.9. The number of rotatable bonds is 4. The van der Waals surface area contributed by atoms with Crippen molar-refractivity contribution in [2.24, 2.45) is 0 Å². The molecule has 6 nitrogen and oxygen atoms in total. The van der Waals surface area contributed by atoms with Gasteiger partial charge < -0.3 is 14.7 Å². The number of nitrogens with one attached hydrogen (secondary N) is 1. The fourth-order valence-electron chi connectivity index (χ4n) is 5.30. The zero-order valence-corrected chi connectivity index (χ0v) is 20.2. The summed E-state index contributed by atoms with van der Waals surface area (Å²) in [5.74, 6) is 1.73. The van der Waals surface area contributed by atoms with Crippen LogP contribution in [0.15, 0.2) is 42.5 Å². The van der Waals surface area contributed by atoms with Crippen LogP contribution >= 0.6 is 0 Å². The molecule has 6 heteroatoms. The highest BCUT2D eigenvalue weighted by Gasteiger charge is 2.33. The molecule has 2 aromatic carbocycles. The maximum Gasteiger partial charge on any atom is 0.253 e. The van der Waals surface area contributed by atoms with E-state index in [0.717, 1.165) is 54.0 Å². The van der Waals surface area contributed by atoms with Crippen molar-refractivity contribution in [3.63, 3.8) is 0 Å². The van der Waals surface area contributed by atoms with E-state index in [1.165, 1.54) is 5.56 Å². The third-order valence-corrected chi connectivity index (χ3v) is 7.59. The minimum absolute atomic E-state index is 0.0435. The van der Waals surface area contributed by atoms with E-state index in [-0.39, 0.29) is 11.9 Å². The molecule has 2 fully saturated rings. The van der Waals surface area contributed by atoms with Gasteiger partial charge in [-0.3, -0.25) is 4.79 Å². The molecule has 176 valence electrons. The number of aryl methyl sites for hydroxylation is 2. The topological polar surface area (TPSA) is 77.1 Å². The van der Waals surface area contributed by atoms with Crippen LogP contribution in [0.25, 0.3) is 16.1 Å². The molecule has 0 atom stereocenters. The Morgan fingerprint density at radius 2 is 1.80 bits per heavy atom. The first-order valence-corrected chi connectivity index (χ1v) is 12.3. The van der Waals surface area contributed by atoms with Gasteiger partial charge in [-0.1, -0.05) is 18.2 Å². The Kier molecular flexibility index (Phi) is 6.14. The van der Waals surface area contributed by atoms with Gasteiger partial charge >= 0.3 is 0 Å². The lowest BCUT2D eigenvalue weighted by molar-refractivity contribution is 0.0602. The SMILES string of the molecule is [C-]#[N+]C1CCC(c2nc(-c3cc(C(=O)N4CC(c5ccc(C#N)cc5)C4)ccc3C)c(C)[nH]2)CC1. The van der Waals surface area contributed by atoms with E-state index < -0.39 is 0 Å². The molecule has 1 aliphatic carbocycles. The highest BCUT2D eigenvalue weighted by molar-refractivity contribution is 5.96. The number of aromatic amines is 1. The summed E-state index contributed by atoms with van der Waals surface area (Å²) < 4.78 is 0. The maximum atomic E-state index is 13.2. The lowest BCUT2D eigenvalue weighted by Crippen LogP contribution is -2.48. The van der Waals surface area contributed by atoms with Crippen LogP contribution in [0, 0.1) is 31.8 Å². The molecule has 1 saturated heterocycles. The van der Waals surface area contributed by atoms with E-state index in [0.29, 0.717) is 36.1 Å². The number of hydrogen-bond acceptors (Lipinski definition) is 3. The molecule has 35 heavy (non-hydrogen) atoms. The second-order valence-corrected chi connectivity index (χ2v) is 9.90. The summed E-state index contributed by atoms with van der Waals surface area (Å²) in [6.45, 7) is 12.8. The average molecular weight is 464 g/mol. The van der Waals surface area contributed by atoms with Crippen molar-refractivity contribution in [3.8, 4) is 17.3 Å². The van der Waals surface area contributed by atoms with Gasteiger partial charge in [0.1, 0.15) is 5.82 Å². The predicted octanol–water partition coefficient (Wildman–Crippen LogP) is 5.75. The zero-order valence-electron chi connectivity index (χ0n) is 20.2. The van der Waals surface area contributed by atoms with Crippen LogP contribution in [0.4, 0.5) is 0 Å². The summed E-state index contributed by atoms with van der Waals surface area (Å²) in [4.78, 5) is 27.3. The second-order valence-electron chi connectivity index (χ2n) is 9.90. The van der Waals surface area contributed by atoms with E-state index in [2.05, 4.69) is 22.8 Å². The molecule has 0 unspecified atom stereocenters. The summed E-state index contributed by atoms with van der Waals surface area (Å²) in [6, 6.07) is 15.8. The van der Waals surface area contributed by atoms with Gasteiger partial charge in [0.15, 0.2) is 0 Å². The molecule has 1 saturated carbocycles. The molecule has 2 heterocycles. The minimum atomic E-state index is 0.0435. The lowest BCUT2D eigenvalue weighted by Gasteiger charge is -2.39. The summed E-state index contributed by atoms with van der Waals surface area (Å²) in [5.41, 5.74) is 6.53. The van der Waals surface area contributed by atoms with Gasteiger partial charge in [-0.25, -0.2) is 11.6 Å². The van der Waals surface area contributed by atoms with E-state index >= 15 is 0 Å². The van der Waals surface area contributed by atoms with Crippen LogP contribution in [0.3, 0.4) is 0 Å². The number of nitriles is 1. The predicted molar refractivity (Wildman–Crippen MR) is 135 cm³/mol. The van der Waals surface area contributed by atoms with Gasteiger partial charge in [-0.15, -0.1) is 0 Å². The van der Waals surface area contributed by atoms with Crippen molar-refractivity contribution in [2.75, 3.05) is 13.1 Å². The maximum absolute atomic E-state index is 13.2. The second kappa shape index (κ2) is 9.39. The van der Waals surface area contributed by atoms with Crippen LogP contribution in [0.1, 0.15) is 76.1 Å². The molecular formula is C29H29N5O. The van der Waals surface area contributed by atoms with Crippen molar-refractivity contribution < 1.29 is 4.79 Å². The first-order chi connectivity index (χ1) is 17.0. The summed E-state index contributed by atoms with van der Waals surface area (Å²) in [7, 11) is 0. The molecule has 3 aromatic rings. The summed E-state index contributed by atoms with van der Waals surface area (Å²) >= 11 is 0. The van der Waals surface area contributed by atoms with Crippen LogP contribution in [-0.4, -0.2) is 39.9 Å². The van der Waals surface area contributed by atoms with Crippen LogP contribution in [-0.2, 0) is 0 Å². The number of H-pyrrole nitrogens is 1. The zero-order chi connectivity index (χ0) is 24.5. The normalized spacial score (nSPS) is 20.1. The summed E-state index contributed by atoms with van der Waals surface area (Å²) in [6.07, 6.45) is 3.86. The molecule has 2 aliphatic rings. The van der Waals surface area contributed by atoms with E-state index in [1.807, 2.05) is 54.3 Å². The molecule has 0 radical (unpaired) electrons. The minimum Gasteiger partial charge on any atom is -0.345 e. The monoisotopic (exact) mass is 463 g/mol. The first-order valence-electron chi connectivity index (χ1n) is 12.3. The van der Waals surface area contributed by atoms with Gasteiger partial charge in [0.05, 0.1) is 17.3 Å². The number of imidazole rings is 1. The number of aromatic nitrogens is 2. The molecule has 5 rings (SSSR count). The molecule has 0 spiro atoms. The number of benzene rings is 2. The number of amides is 1. The Bertz CT molecular complexity index is 1330. The van der Waals surface area contributed by atoms with E-state index in [9.17, 15) is 4.79 Å². The van der Waals surface area contributed by atoms with E-state index in [4.69, 9.17) is 16.8 Å². The Labute approximate surface area is 206 Å². The van der Waals surface area contributed by atoms with E-state index in [1.54, 1.807) is 0 Å². The quantitative estimate of drug-likeness (QED) is 0.501. The third kappa shape index (κ3) is 4.45. The largest absolute Gasteiger partial charge is 0.345 e. The highest BCUT2D eigenvalue weighted by Crippen LogP contribution is 2.36. The number of nitrogens with zero attached hydrogens (tertiary/aromatic N) is 4. The van der Waals surface area contributed by atoms with Crippen LogP contribution < -0.4 is 0 Å². The van der Waals surface area contributed by atoms with Gasteiger partial charge in [0.2, 0.25) is 6.04 Å². The molecule has 1 aromatic heterocycles. The van der Waals surface area contributed by atoms with Crippen molar-refractivity contribution in [1.29, 1.82) is 5.26 Å². The van der Waals surface area contributed by atoms with Gasteiger partial charge in [0.25, 0.3) is 5.91 Å². The standard InChI is InChI=1S/C29H29N5O/c1-18-4-7-23(29(35)34-16-24(17-34)21-8-5-20(15-30)6-9-21)14-26(18)27-19(2)32-28(33-27)22-10-12-25(31-3)13-11-22/h4-9,14,22,24-25H,10-13,16-17H2,1-2H3,(H,32,33). The van der Waals surface area contributed by atoms with Gasteiger partial charge in [0, 0.05) is 54.6 Å². The fraction of sp³-hybridized carbons (Fsp3) is 0.379. The third-order valence-electron chi connectivity index (χ3n) is 7.59. The average Bonchev–Trinajstić information content (AvgIpc) is 3.25. The highest BCUT2D eigenvalue weighted by atomic mass is 16.2. The summed E-state index contributed by atoms with van der Waals surface area (Å²) in [5, 5.41) is 8.99. The smallest absolute Gasteiger partial charge is 0.253 e. The number of carbonyl (C=O) groups is 1. The Morgan fingerprint density at radius 3 is 2.46 bits per heavy atom. The molecule has 0 bridgehead atoms. The number of likely N-dealkylation sites (tertiary alicyclic amines) is 1. The van der Waals surface area contributed by atoms with Crippen LogP contribution in [0.5, 0.6) is 0 Å². The molecule has 1 amide bonds. The van der Waals surface area contributed by atoms with Gasteiger partial charge in [-0.2, -0.15) is 5.26 Å². The Morgan fingerprint density at radius 1 is 1.09 bits per heavy atom. The Balaban J connectivity index is 1.31. The van der Waals surface area contributed by atoms with Crippen molar-refractivity contribution in [3.05, 3.63) is 87.7 Å². The Hall–Kier alpha value is -3.90.